The third kappa shape index (κ3) is 3.06. The molecule has 0 fully saturated rings. The number of amides is 1. The first kappa shape index (κ1) is 16.9. The van der Waals surface area contributed by atoms with Crippen molar-refractivity contribution in [2.45, 2.75) is 0 Å². The largest absolute Gasteiger partial charge is 0.506 e. The van der Waals surface area contributed by atoms with E-state index in [1.807, 2.05) is 30.3 Å². The second-order valence-corrected chi connectivity index (χ2v) is 6.88. The van der Waals surface area contributed by atoms with Gasteiger partial charge in [0.25, 0.3) is 5.91 Å². The number of carbonyl (C=O) groups excluding carboxylic acids is 1. The van der Waals surface area contributed by atoms with E-state index in [0.717, 1.165) is 15.0 Å². The zero-order valence-electron chi connectivity index (χ0n) is 13.8. The fourth-order valence-corrected chi connectivity index (χ4v) is 3.94. The molecule has 2 heterocycles. The van der Waals surface area contributed by atoms with Crippen LogP contribution in [0.15, 0.2) is 48.8 Å². The first-order valence-corrected chi connectivity index (χ1v) is 8.82. The van der Waals surface area contributed by atoms with Gasteiger partial charge in [-0.15, -0.1) is 11.3 Å². The van der Waals surface area contributed by atoms with Crippen LogP contribution in [0.2, 0.25) is 0 Å². The number of aromatic hydroxyl groups is 1. The molecule has 3 N–H and O–H groups in total. The Labute approximate surface area is 156 Å². The number of phenolic OH excluding ortho intramolecular Hbond substituents is 1. The van der Waals surface area contributed by atoms with Gasteiger partial charge in [0.05, 0.1) is 5.52 Å². The molecule has 2 aromatic heterocycles. The Bertz CT molecular complexity index is 1170. The third-order valence-corrected chi connectivity index (χ3v) is 5.20. The molecule has 4 rings (SSSR count). The average Bonchev–Trinajstić information content (AvgIpc) is 3.09. The predicted molar refractivity (Wildman–Crippen MR) is 102 cm³/mol. The Morgan fingerprint density at radius 1 is 1.11 bits per heavy atom. The maximum atomic E-state index is 12.5. The second kappa shape index (κ2) is 6.65. The minimum absolute atomic E-state index is 0.0886. The van der Waals surface area contributed by atoms with E-state index in [0.29, 0.717) is 11.1 Å². The molecule has 0 aliphatic heterocycles. The number of hydrogen-bond acceptors (Lipinski definition) is 6. The first-order valence-electron chi connectivity index (χ1n) is 8.00. The molecule has 0 unspecified atom stereocenters. The fourth-order valence-electron chi connectivity index (χ4n) is 2.86. The number of nitrogens with zero attached hydrogens (tertiary/aromatic N) is 2. The van der Waals surface area contributed by atoms with Crippen molar-refractivity contribution >= 4 is 44.3 Å². The number of carboxylic acids is 1. The number of fused-ring (bicyclic) bond motifs is 2. The molecule has 0 saturated carbocycles. The van der Waals surface area contributed by atoms with Crippen LogP contribution >= 0.6 is 11.3 Å². The molecule has 0 saturated heterocycles. The Morgan fingerprint density at radius 2 is 1.89 bits per heavy atom. The molecule has 134 valence electrons. The van der Waals surface area contributed by atoms with Gasteiger partial charge in [-0.05, 0) is 23.6 Å². The highest BCUT2D eigenvalue weighted by molar-refractivity contribution is 7.22. The van der Waals surface area contributed by atoms with Gasteiger partial charge in [0.2, 0.25) is 0 Å². The lowest BCUT2D eigenvalue weighted by atomic mass is 10.0. The monoisotopic (exact) mass is 379 g/mol. The summed E-state index contributed by atoms with van der Waals surface area (Å²) in [4.78, 5) is 32.5. The zero-order chi connectivity index (χ0) is 19.0. The molecule has 1 amide bonds. The van der Waals surface area contributed by atoms with Crippen molar-refractivity contribution < 1.29 is 19.8 Å². The maximum Gasteiger partial charge on any atom is 0.322 e. The van der Waals surface area contributed by atoms with E-state index in [-0.39, 0.29) is 16.8 Å². The van der Waals surface area contributed by atoms with Crippen molar-refractivity contribution in [3.8, 4) is 16.2 Å². The number of aromatic nitrogens is 2. The Balaban J connectivity index is 1.92. The molecule has 0 bridgehead atoms. The van der Waals surface area contributed by atoms with Crippen LogP contribution in [0.4, 0.5) is 0 Å². The predicted octanol–water partition coefficient (Wildman–Crippen LogP) is 3.03. The summed E-state index contributed by atoms with van der Waals surface area (Å²) in [5, 5.41) is 22.9. The van der Waals surface area contributed by atoms with Gasteiger partial charge in [0.1, 0.15) is 23.4 Å². The molecule has 0 aliphatic rings. The summed E-state index contributed by atoms with van der Waals surface area (Å²) < 4.78 is 1.04. The van der Waals surface area contributed by atoms with Crippen molar-refractivity contribution in [3.05, 3.63) is 54.4 Å². The van der Waals surface area contributed by atoms with Crippen molar-refractivity contribution in [2.24, 2.45) is 0 Å². The average molecular weight is 379 g/mol. The topological polar surface area (TPSA) is 112 Å². The number of phenols is 1. The minimum atomic E-state index is -1.18. The van der Waals surface area contributed by atoms with E-state index in [2.05, 4.69) is 15.3 Å². The van der Waals surface area contributed by atoms with Gasteiger partial charge in [0.15, 0.2) is 0 Å². The van der Waals surface area contributed by atoms with E-state index in [1.54, 1.807) is 6.07 Å². The lowest BCUT2D eigenvalue weighted by molar-refractivity contribution is -0.135. The van der Waals surface area contributed by atoms with Gasteiger partial charge < -0.3 is 15.5 Å². The van der Waals surface area contributed by atoms with E-state index >= 15 is 0 Å². The standard InChI is InChI=1S/C19H13N3O4S/c23-15(24)9-22-19(26)16-17-12(20-5-6-21-17)8-11(18(16)25)14-7-10-3-1-2-4-13(10)27-14/h1-8,25H,9H2,(H,22,26)(H,23,24). The molecule has 0 radical (unpaired) electrons. The van der Waals surface area contributed by atoms with Crippen molar-refractivity contribution in [1.29, 1.82) is 0 Å². The first-order chi connectivity index (χ1) is 13.0. The van der Waals surface area contributed by atoms with Crippen molar-refractivity contribution in [1.82, 2.24) is 15.3 Å². The quantitative estimate of drug-likeness (QED) is 0.502. The van der Waals surface area contributed by atoms with Gasteiger partial charge >= 0.3 is 5.97 Å². The molecule has 4 aromatic rings. The molecular formula is C19H13N3O4S. The maximum absolute atomic E-state index is 12.5. The number of carbonyl (C=O) groups is 2. The molecule has 2 aromatic carbocycles. The van der Waals surface area contributed by atoms with E-state index in [4.69, 9.17) is 5.11 Å². The number of nitrogens with one attached hydrogen (secondary N) is 1. The summed E-state index contributed by atoms with van der Waals surface area (Å²) in [7, 11) is 0. The molecule has 0 aliphatic carbocycles. The summed E-state index contributed by atoms with van der Waals surface area (Å²) >= 11 is 1.48. The van der Waals surface area contributed by atoms with Gasteiger partial charge in [-0.2, -0.15) is 0 Å². The van der Waals surface area contributed by atoms with Crippen LogP contribution in [0.5, 0.6) is 5.75 Å². The zero-order valence-corrected chi connectivity index (χ0v) is 14.7. The molecule has 0 spiro atoms. The van der Waals surface area contributed by atoms with Crippen molar-refractivity contribution in [3.63, 3.8) is 0 Å². The van der Waals surface area contributed by atoms with Gasteiger partial charge in [-0.3, -0.25) is 19.6 Å². The normalized spacial score (nSPS) is 11.0. The Kier molecular flexibility index (Phi) is 4.17. The fraction of sp³-hybridized carbons (Fsp3) is 0.0526. The third-order valence-electron chi connectivity index (χ3n) is 4.05. The smallest absolute Gasteiger partial charge is 0.322 e. The van der Waals surface area contributed by atoms with E-state index in [9.17, 15) is 14.7 Å². The summed E-state index contributed by atoms with van der Waals surface area (Å²) in [6.45, 7) is -0.562. The number of hydrogen-bond donors (Lipinski definition) is 3. The molecule has 8 heteroatoms. The molecule has 0 atom stereocenters. The van der Waals surface area contributed by atoms with Crippen LogP contribution in [0.25, 0.3) is 31.6 Å². The minimum Gasteiger partial charge on any atom is -0.506 e. The summed E-state index contributed by atoms with van der Waals surface area (Å²) in [6, 6.07) is 11.4. The van der Waals surface area contributed by atoms with Crippen LogP contribution in [-0.2, 0) is 4.79 Å². The highest BCUT2D eigenvalue weighted by Crippen LogP contribution is 2.41. The molecule has 7 nitrogen and oxygen atoms in total. The summed E-state index contributed by atoms with van der Waals surface area (Å²) in [6.07, 6.45) is 2.90. The molecular weight excluding hydrogens is 366 g/mol. The number of carboxylic acid groups (broad SMARTS) is 1. The van der Waals surface area contributed by atoms with Crippen LogP contribution in [-0.4, -0.2) is 38.6 Å². The molecule has 27 heavy (non-hydrogen) atoms. The van der Waals surface area contributed by atoms with Gasteiger partial charge in [0, 0.05) is 27.5 Å². The van der Waals surface area contributed by atoms with E-state index in [1.165, 1.54) is 23.7 Å². The number of aliphatic carboxylic acids is 1. The van der Waals surface area contributed by atoms with Crippen LogP contribution in [0.1, 0.15) is 10.4 Å². The number of thiophene rings is 1. The van der Waals surface area contributed by atoms with E-state index < -0.39 is 18.4 Å². The SMILES string of the molecule is O=C(O)CNC(=O)c1c(O)c(-c2cc3ccccc3s2)cc2nccnc12. The number of rotatable bonds is 4. The Hall–Kier alpha value is -3.52. The highest BCUT2D eigenvalue weighted by Gasteiger charge is 2.22. The highest BCUT2D eigenvalue weighted by atomic mass is 32.1. The number of benzene rings is 2. The van der Waals surface area contributed by atoms with Gasteiger partial charge in [-0.25, -0.2) is 0 Å². The Morgan fingerprint density at radius 3 is 2.67 bits per heavy atom. The second-order valence-electron chi connectivity index (χ2n) is 5.80. The van der Waals surface area contributed by atoms with Gasteiger partial charge in [-0.1, -0.05) is 18.2 Å². The van der Waals surface area contributed by atoms with Crippen molar-refractivity contribution in [2.75, 3.05) is 6.54 Å². The lowest BCUT2D eigenvalue weighted by Gasteiger charge is -2.11. The van der Waals surface area contributed by atoms with Crippen LogP contribution in [0.3, 0.4) is 0 Å². The van der Waals surface area contributed by atoms with Crippen LogP contribution < -0.4 is 5.32 Å². The summed E-state index contributed by atoms with van der Waals surface area (Å²) in [5.41, 5.74) is 1.00. The lowest BCUT2D eigenvalue weighted by Crippen LogP contribution is -2.29. The van der Waals surface area contributed by atoms with Crippen LogP contribution in [0, 0.1) is 0 Å². The summed E-state index contributed by atoms with van der Waals surface area (Å²) in [5.74, 6) is -2.15.